The molecule has 0 bridgehead atoms. The average Bonchev–Trinajstić information content (AvgIpc) is 2.90. The minimum Gasteiger partial charge on any atom is -0.289 e. The van der Waals surface area contributed by atoms with Crippen molar-refractivity contribution >= 4 is 49.8 Å². The number of carbonyl (C=O) groups excluding carboxylic acids is 1. The third-order valence-electron chi connectivity index (χ3n) is 2.76. The van der Waals surface area contributed by atoms with Crippen molar-refractivity contribution in [2.75, 3.05) is 0 Å². The van der Waals surface area contributed by atoms with E-state index in [0.29, 0.717) is 11.1 Å². The lowest BCUT2D eigenvalue weighted by atomic mass is 10.0. The molecule has 0 unspecified atom stereocenters. The molecular formula is C14H9NOS3. The van der Waals surface area contributed by atoms with Crippen LogP contribution in [0.15, 0.2) is 52.9 Å². The van der Waals surface area contributed by atoms with Crippen LogP contribution in [-0.2, 0) is 0 Å². The van der Waals surface area contributed by atoms with Crippen LogP contribution in [0.25, 0.3) is 10.2 Å². The molecule has 0 aliphatic carbocycles. The molecule has 2 nitrogen and oxygen atoms in total. The second-order valence-electron chi connectivity index (χ2n) is 3.92. The molecular weight excluding hydrogens is 294 g/mol. The molecule has 0 radical (unpaired) electrons. The zero-order valence-electron chi connectivity index (χ0n) is 9.74. The van der Waals surface area contributed by atoms with Gasteiger partial charge >= 0.3 is 0 Å². The Morgan fingerprint density at radius 3 is 2.63 bits per heavy atom. The first-order chi connectivity index (χ1) is 9.29. The van der Waals surface area contributed by atoms with E-state index in [9.17, 15) is 4.79 Å². The van der Waals surface area contributed by atoms with Gasteiger partial charge in [-0.1, -0.05) is 36.4 Å². The molecule has 0 aliphatic heterocycles. The first kappa shape index (κ1) is 12.7. The maximum atomic E-state index is 12.5. The summed E-state index contributed by atoms with van der Waals surface area (Å²) in [5.41, 5.74) is 2.09. The van der Waals surface area contributed by atoms with E-state index in [1.807, 2.05) is 48.5 Å². The fourth-order valence-corrected chi connectivity index (χ4v) is 3.63. The Kier molecular flexibility index (Phi) is 3.59. The largest absolute Gasteiger partial charge is 0.289 e. The number of thiol groups is 1. The maximum absolute atomic E-state index is 12.5. The molecule has 0 spiro atoms. The van der Waals surface area contributed by atoms with Crippen LogP contribution in [-0.4, -0.2) is 10.8 Å². The summed E-state index contributed by atoms with van der Waals surface area (Å²) < 4.78 is 1.87. The van der Waals surface area contributed by atoms with E-state index in [-0.39, 0.29) is 5.78 Å². The van der Waals surface area contributed by atoms with Crippen LogP contribution < -0.4 is 0 Å². The predicted octanol–water partition coefficient (Wildman–Crippen LogP) is 4.46. The lowest BCUT2D eigenvalue weighted by Crippen LogP contribution is -2.01. The van der Waals surface area contributed by atoms with Crippen LogP contribution in [0.5, 0.6) is 0 Å². The summed E-state index contributed by atoms with van der Waals surface area (Å²) >= 11 is 5.70. The molecule has 0 saturated heterocycles. The summed E-state index contributed by atoms with van der Waals surface area (Å²) in [6.45, 7) is 0. The minimum absolute atomic E-state index is 0.00668. The molecule has 1 heterocycles. The average molecular weight is 303 g/mol. The highest BCUT2D eigenvalue weighted by molar-refractivity contribution is 8.69. The van der Waals surface area contributed by atoms with Gasteiger partial charge in [0.2, 0.25) is 0 Å². The van der Waals surface area contributed by atoms with E-state index in [4.69, 9.17) is 0 Å². The summed E-state index contributed by atoms with van der Waals surface area (Å²) in [6, 6.07) is 15.0. The highest BCUT2D eigenvalue weighted by Gasteiger charge is 2.15. The molecule has 0 saturated carbocycles. The fourth-order valence-electron chi connectivity index (χ4n) is 1.90. The van der Waals surface area contributed by atoms with Gasteiger partial charge in [0.1, 0.15) is 0 Å². The van der Waals surface area contributed by atoms with E-state index < -0.39 is 0 Å². The first-order valence-electron chi connectivity index (χ1n) is 5.60. The summed E-state index contributed by atoms with van der Waals surface area (Å²) in [5, 5.41) is 0. The third-order valence-corrected chi connectivity index (χ3v) is 5.21. The van der Waals surface area contributed by atoms with Crippen molar-refractivity contribution in [1.82, 2.24) is 4.98 Å². The molecule has 3 aromatic rings. The highest BCUT2D eigenvalue weighted by atomic mass is 33.1. The van der Waals surface area contributed by atoms with Crippen molar-refractivity contribution in [3.05, 3.63) is 59.7 Å². The summed E-state index contributed by atoms with van der Waals surface area (Å²) in [7, 11) is 1.30. The van der Waals surface area contributed by atoms with Crippen LogP contribution in [0.2, 0.25) is 0 Å². The zero-order chi connectivity index (χ0) is 13.2. The second kappa shape index (κ2) is 5.36. The monoisotopic (exact) mass is 303 g/mol. The van der Waals surface area contributed by atoms with Gasteiger partial charge in [-0.3, -0.25) is 4.79 Å². The number of carbonyl (C=O) groups is 1. The van der Waals surface area contributed by atoms with E-state index in [1.165, 1.54) is 10.8 Å². The fraction of sp³-hybridized carbons (Fsp3) is 0. The molecule has 2 aromatic carbocycles. The highest BCUT2D eigenvalue weighted by Crippen LogP contribution is 2.33. The number of fused-ring (bicyclic) bond motifs is 1. The SMILES string of the molecule is O=C(c1ccccc1)c1cccc2sc(SS)nc12. The van der Waals surface area contributed by atoms with E-state index in [0.717, 1.165) is 14.6 Å². The Labute approximate surface area is 123 Å². The van der Waals surface area contributed by atoms with Crippen LogP contribution in [0, 0.1) is 0 Å². The van der Waals surface area contributed by atoms with E-state index in [1.54, 1.807) is 11.3 Å². The zero-order valence-corrected chi connectivity index (χ0v) is 12.3. The summed E-state index contributed by atoms with van der Waals surface area (Å²) in [6.07, 6.45) is 0. The van der Waals surface area contributed by atoms with Gasteiger partial charge in [-0.25, -0.2) is 4.98 Å². The molecule has 5 heteroatoms. The van der Waals surface area contributed by atoms with Gasteiger partial charge in [-0.05, 0) is 22.9 Å². The Hall–Kier alpha value is -1.30. The topological polar surface area (TPSA) is 30.0 Å². The molecule has 0 amide bonds. The van der Waals surface area contributed by atoms with Gasteiger partial charge in [0.05, 0.1) is 10.2 Å². The lowest BCUT2D eigenvalue weighted by molar-refractivity contribution is 0.104. The van der Waals surface area contributed by atoms with Crippen molar-refractivity contribution in [1.29, 1.82) is 0 Å². The maximum Gasteiger partial charge on any atom is 0.195 e. The van der Waals surface area contributed by atoms with Crippen molar-refractivity contribution in [3.8, 4) is 0 Å². The van der Waals surface area contributed by atoms with E-state index >= 15 is 0 Å². The second-order valence-corrected chi connectivity index (χ2v) is 6.32. The number of hydrogen-bond donors (Lipinski definition) is 1. The van der Waals surface area contributed by atoms with Crippen LogP contribution >= 0.6 is 33.8 Å². The molecule has 0 fully saturated rings. The number of thiazole rings is 1. The van der Waals surface area contributed by atoms with Gasteiger partial charge in [-0.15, -0.1) is 23.0 Å². The number of para-hydroxylation sites is 1. The molecule has 0 N–H and O–H groups in total. The molecule has 94 valence electrons. The molecule has 1 aromatic heterocycles. The summed E-state index contributed by atoms with van der Waals surface area (Å²) in [5.74, 6) is 0.00668. The van der Waals surface area contributed by atoms with Crippen LogP contribution in [0.4, 0.5) is 0 Å². The van der Waals surface area contributed by atoms with Gasteiger partial charge in [0.15, 0.2) is 10.1 Å². The predicted molar refractivity (Wildman–Crippen MR) is 84.3 cm³/mol. The van der Waals surface area contributed by atoms with Crippen molar-refractivity contribution in [2.45, 2.75) is 4.34 Å². The Morgan fingerprint density at radius 2 is 1.89 bits per heavy atom. The van der Waals surface area contributed by atoms with Crippen molar-refractivity contribution in [2.24, 2.45) is 0 Å². The quantitative estimate of drug-likeness (QED) is 0.440. The number of aromatic nitrogens is 1. The van der Waals surface area contributed by atoms with E-state index in [2.05, 4.69) is 16.6 Å². The summed E-state index contributed by atoms with van der Waals surface area (Å²) in [4.78, 5) is 17.0. The Balaban J connectivity index is 2.15. The van der Waals surface area contributed by atoms with Gasteiger partial charge in [-0.2, -0.15) is 0 Å². The molecule has 3 rings (SSSR count). The standard InChI is InChI=1S/C14H9NOS3/c16-13(9-5-2-1-3-6-9)10-7-4-8-11-12(10)15-14(18-11)19-17/h1-8,17H. The number of nitrogens with zero attached hydrogens (tertiary/aromatic N) is 1. The van der Waals surface area contributed by atoms with Gasteiger partial charge < -0.3 is 0 Å². The van der Waals surface area contributed by atoms with Crippen LogP contribution in [0.1, 0.15) is 15.9 Å². The Bertz CT molecular complexity index is 737. The van der Waals surface area contributed by atoms with Crippen molar-refractivity contribution < 1.29 is 4.79 Å². The number of ketones is 1. The van der Waals surface area contributed by atoms with Gasteiger partial charge in [0, 0.05) is 11.1 Å². The third kappa shape index (κ3) is 2.41. The number of hydrogen-bond acceptors (Lipinski definition) is 5. The molecule has 19 heavy (non-hydrogen) atoms. The minimum atomic E-state index is 0.00668. The number of benzene rings is 2. The number of rotatable bonds is 3. The first-order valence-corrected chi connectivity index (χ1v) is 8.29. The van der Waals surface area contributed by atoms with Crippen LogP contribution in [0.3, 0.4) is 0 Å². The molecule has 0 atom stereocenters. The molecule has 0 aliphatic rings. The van der Waals surface area contributed by atoms with Crippen molar-refractivity contribution in [3.63, 3.8) is 0 Å². The smallest absolute Gasteiger partial charge is 0.195 e. The lowest BCUT2D eigenvalue weighted by Gasteiger charge is -2.01. The normalized spacial score (nSPS) is 10.8. The Morgan fingerprint density at radius 1 is 1.11 bits per heavy atom. The van der Waals surface area contributed by atoms with Gasteiger partial charge in [0.25, 0.3) is 0 Å².